The van der Waals surface area contributed by atoms with E-state index < -0.39 is 0 Å². The fourth-order valence-corrected chi connectivity index (χ4v) is 6.63. The van der Waals surface area contributed by atoms with Crippen LogP contribution in [-0.4, -0.2) is 41.0 Å². The number of aromatic amines is 1. The molecule has 1 N–H and O–H groups in total. The van der Waals surface area contributed by atoms with E-state index in [4.69, 9.17) is 16.3 Å². The van der Waals surface area contributed by atoms with Gasteiger partial charge < -0.3 is 14.6 Å². The molecule has 1 fully saturated rings. The Morgan fingerprint density at radius 3 is 2.56 bits per heavy atom. The summed E-state index contributed by atoms with van der Waals surface area (Å²) < 4.78 is 5.94. The molecule has 1 aromatic carbocycles. The van der Waals surface area contributed by atoms with E-state index in [1.54, 1.807) is 12.0 Å². The van der Waals surface area contributed by atoms with Crippen molar-refractivity contribution < 1.29 is 9.53 Å². The van der Waals surface area contributed by atoms with E-state index in [1.807, 2.05) is 31.7 Å². The maximum absolute atomic E-state index is 13.6. The Labute approximate surface area is 198 Å². The molecule has 5 nitrogen and oxygen atoms in total. The second-order valence-corrected chi connectivity index (χ2v) is 10.6. The summed E-state index contributed by atoms with van der Waals surface area (Å²) in [6.07, 6.45) is 2.79. The van der Waals surface area contributed by atoms with Crippen LogP contribution in [0.1, 0.15) is 62.8 Å². The number of aromatic nitrogens is 1. The molecule has 0 spiro atoms. The van der Waals surface area contributed by atoms with E-state index in [1.165, 1.54) is 0 Å². The first kappa shape index (κ1) is 23.4. The summed E-state index contributed by atoms with van der Waals surface area (Å²) in [7, 11) is 1.73. The number of carbonyl (C=O) groups excluding carboxylic acids is 1. The predicted molar refractivity (Wildman–Crippen MR) is 131 cm³/mol. The zero-order chi connectivity index (χ0) is 23.0. The van der Waals surface area contributed by atoms with Crippen molar-refractivity contribution in [3.8, 4) is 0 Å². The molecule has 32 heavy (non-hydrogen) atoms. The highest BCUT2D eigenvalue weighted by atomic mass is 35.5. The number of rotatable bonds is 5. The molecule has 2 aromatic rings. The van der Waals surface area contributed by atoms with Gasteiger partial charge in [-0.05, 0) is 80.2 Å². The van der Waals surface area contributed by atoms with Gasteiger partial charge in [0.1, 0.15) is 0 Å². The van der Waals surface area contributed by atoms with Crippen LogP contribution < -0.4 is 5.56 Å². The first-order chi connectivity index (χ1) is 15.3. The lowest BCUT2D eigenvalue weighted by Crippen LogP contribution is -2.39. The van der Waals surface area contributed by atoms with E-state index in [2.05, 4.69) is 18.0 Å². The van der Waals surface area contributed by atoms with Crippen LogP contribution in [-0.2, 0) is 17.7 Å². The number of pyridine rings is 1. The summed E-state index contributed by atoms with van der Waals surface area (Å²) in [5.74, 6) is 2.56. The minimum atomic E-state index is -0.133. The van der Waals surface area contributed by atoms with Crippen molar-refractivity contribution in [2.24, 2.45) is 5.92 Å². The number of hydrogen-bond acceptors (Lipinski definition) is 4. The van der Waals surface area contributed by atoms with Gasteiger partial charge in [0.05, 0.1) is 23.2 Å². The maximum atomic E-state index is 13.6. The van der Waals surface area contributed by atoms with Gasteiger partial charge in [-0.3, -0.25) is 9.59 Å². The smallest absolute Gasteiger partial charge is 0.255 e. The maximum Gasteiger partial charge on any atom is 0.255 e. The highest BCUT2D eigenvalue weighted by Crippen LogP contribution is 2.42. The number of H-pyrrole nitrogens is 1. The number of nitrogens with zero attached hydrogens (tertiary/aromatic N) is 1. The van der Waals surface area contributed by atoms with Crippen LogP contribution in [0.3, 0.4) is 0 Å². The first-order valence-corrected chi connectivity index (χ1v) is 12.8. The quantitative estimate of drug-likeness (QED) is 0.663. The number of halogens is 1. The Bertz CT molecular complexity index is 1090. The van der Waals surface area contributed by atoms with E-state index >= 15 is 0 Å². The molecule has 172 valence electrons. The SMILES string of the molecule is COC(c1cc(C)c2c(c1Cl)C(=O)N(Cc1c(C)cc(C)[nH]c1=O)CC2)C1CCSCC1. The van der Waals surface area contributed by atoms with Gasteiger partial charge in [-0.2, -0.15) is 11.8 Å². The van der Waals surface area contributed by atoms with Crippen molar-refractivity contribution in [1.29, 1.82) is 0 Å². The normalized spacial score (nSPS) is 18.0. The van der Waals surface area contributed by atoms with E-state index in [-0.39, 0.29) is 24.1 Å². The summed E-state index contributed by atoms with van der Waals surface area (Å²) in [5, 5.41) is 0.514. The summed E-state index contributed by atoms with van der Waals surface area (Å²) in [4.78, 5) is 30.7. The molecule has 2 aliphatic heterocycles. The average molecular weight is 475 g/mol. The molecule has 4 rings (SSSR count). The zero-order valence-corrected chi connectivity index (χ0v) is 20.8. The van der Waals surface area contributed by atoms with Crippen LogP contribution in [0.2, 0.25) is 5.02 Å². The van der Waals surface area contributed by atoms with Gasteiger partial charge in [-0.25, -0.2) is 0 Å². The van der Waals surface area contributed by atoms with Gasteiger partial charge in [0, 0.05) is 30.5 Å². The molecule has 1 unspecified atom stereocenters. The molecule has 1 atom stereocenters. The van der Waals surface area contributed by atoms with E-state index in [0.29, 0.717) is 28.6 Å². The fraction of sp³-hybridized carbons (Fsp3) is 0.520. The molecule has 0 bridgehead atoms. The number of aryl methyl sites for hydroxylation is 3. The lowest BCUT2D eigenvalue weighted by molar-refractivity contribution is 0.0474. The number of fused-ring (bicyclic) bond motifs is 1. The fourth-order valence-electron chi connectivity index (χ4n) is 5.13. The topological polar surface area (TPSA) is 62.4 Å². The first-order valence-electron chi connectivity index (χ1n) is 11.2. The Morgan fingerprint density at radius 2 is 1.91 bits per heavy atom. The molecule has 0 saturated carbocycles. The number of benzene rings is 1. The largest absolute Gasteiger partial charge is 0.376 e. The molecule has 7 heteroatoms. The van der Waals surface area contributed by atoms with Crippen molar-refractivity contribution in [2.45, 2.75) is 52.7 Å². The van der Waals surface area contributed by atoms with Gasteiger partial charge in [0.25, 0.3) is 11.5 Å². The Balaban J connectivity index is 1.70. The standard InChI is InChI=1S/C25H31ClN2O3S/c1-14-11-16(3)27-24(29)20(14)13-28-8-5-18-15(2)12-19(22(26)21(18)25(28)30)23(31-4)17-6-9-32-10-7-17/h11-12,17,23H,5-10,13H2,1-4H3,(H,27,29). The molecule has 1 amide bonds. The molecule has 3 heterocycles. The predicted octanol–water partition coefficient (Wildman–Crippen LogP) is 4.98. The number of hydrogen-bond donors (Lipinski definition) is 1. The van der Waals surface area contributed by atoms with E-state index in [9.17, 15) is 9.59 Å². The van der Waals surface area contributed by atoms with Crippen molar-refractivity contribution in [2.75, 3.05) is 25.2 Å². The van der Waals surface area contributed by atoms with E-state index in [0.717, 1.165) is 58.7 Å². The minimum absolute atomic E-state index is 0.102. The van der Waals surface area contributed by atoms with Gasteiger partial charge in [-0.1, -0.05) is 17.7 Å². The van der Waals surface area contributed by atoms with Gasteiger partial charge in [0.15, 0.2) is 0 Å². The summed E-state index contributed by atoms with van der Waals surface area (Å²) in [5.41, 5.74) is 5.82. The van der Waals surface area contributed by atoms with Crippen LogP contribution in [0.25, 0.3) is 0 Å². The molecule has 1 saturated heterocycles. The number of carbonyl (C=O) groups is 1. The average Bonchev–Trinajstić information content (AvgIpc) is 2.76. The number of methoxy groups -OCH3 is 1. The Kier molecular flexibility index (Phi) is 7.03. The van der Waals surface area contributed by atoms with Crippen LogP contribution in [0.5, 0.6) is 0 Å². The summed E-state index contributed by atoms with van der Waals surface area (Å²) in [6, 6.07) is 4.06. The highest BCUT2D eigenvalue weighted by molar-refractivity contribution is 7.99. The lowest BCUT2D eigenvalue weighted by Gasteiger charge is -2.34. The summed E-state index contributed by atoms with van der Waals surface area (Å²) in [6.45, 7) is 6.69. The van der Waals surface area contributed by atoms with Crippen molar-refractivity contribution in [3.05, 3.63) is 66.6 Å². The lowest BCUT2D eigenvalue weighted by atomic mass is 9.85. The number of thioether (sulfide) groups is 1. The molecule has 0 aliphatic carbocycles. The molecular weight excluding hydrogens is 444 g/mol. The number of amides is 1. The van der Waals surface area contributed by atoms with Gasteiger partial charge in [-0.15, -0.1) is 0 Å². The molecule has 1 aromatic heterocycles. The van der Waals surface area contributed by atoms with Crippen molar-refractivity contribution in [1.82, 2.24) is 9.88 Å². The van der Waals surface area contributed by atoms with Gasteiger partial charge >= 0.3 is 0 Å². The Morgan fingerprint density at radius 1 is 1.19 bits per heavy atom. The minimum Gasteiger partial charge on any atom is -0.376 e. The Hall–Kier alpha value is -1.76. The third-order valence-corrected chi connectivity index (χ3v) is 8.31. The zero-order valence-electron chi connectivity index (χ0n) is 19.2. The molecular formula is C25H31ClN2O3S. The van der Waals surface area contributed by atoms with Gasteiger partial charge in [0.2, 0.25) is 0 Å². The highest BCUT2D eigenvalue weighted by Gasteiger charge is 2.34. The molecule has 0 radical (unpaired) electrons. The summed E-state index contributed by atoms with van der Waals surface area (Å²) >= 11 is 8.92. The van der Waals surface area contributed by atoms with Crippen LogP contribution in [0, 0.1) is 26.7 Å². The monoisotopic (exact) mass is 474 g/mol. The van der Waals surface area contributed by atoms with Crippen LogP contribution in [0.15, 0.2) is 16.9 Å². The third-order valence-electron chi connectivity index (χ3n) is 6.85. The van der Waals surface area contributed by atoms with Crippen molar-refractivity contribution >= 4 is 29.3 Å². The van der Waals surface area contributed by atoms with Crippen LogP contribution >= 0.6 is 23.4 Å². The number of ether oxygens (including phenoxy) is 1. The van der Waals surface area contributed by atoms with Crippen molar-refractivity contribution in [3.63, 3.8) is 0 Å². The number of nitrogens with one attached hydrogen (secondary N) is 1. The second kappa shape index (κ2) is 9.62. The second-order valence-electron chi connectivity index (χ2n) is 8.98. The van der Waals surface area contributed by atoms with Crippen LogP contribution in [0.4, 0.5) is 0 Å². The molecule has 2 aliphatic rings. The third kappa shape index (κ3) is 4.37.